The number of hydrogen-bond donors (Lipinski definition) is 1. The summed E-state index contributed by atoms with van der Waals surface area (Å²) in [6.07, 6.45) is 4.18. The molecule has 0 bridgehead atoms. The van der Waals surface area contributed by atoms with Gasteiger partial charge in [-0.15, -0.1) is 0 Å². The highest BCUT2D eigenvalue weighted by atomic mass is 16.3. The van der Waals surface area contributed by atoms with Crippen molar-refractivity contribution in [3.63, 3.8) is 0 Å². The Morgan fingerprint density at radius 1 is 1.44 bits per heavy atom. The van der Waals surface area contributed by atoms with Gasteiger partial charge >= 0.3 is 0 Å². The zero-order chi connectivity index (χ0) is 12.5. The third-order valence-electron chi connectivity index (χ3n) is 4.06. The molecule has 2 unspecified atom stereocenters. The number of rotatable bonds is 3. The van der Waals surface area contributed by atoms with Crippen LogP contribution in [0, 0.1) is 6.92 Å². The fraction of sp³-hybridized carbons (Fsp3) is 0.643. The zero-order valence-electron chi connectivity index (χ0n) is 10.8. The molecule has 1 aromatic rings. The molecule has 1 N–H and O–H groups in total. The summed E-state index contributed by atoms with van der Waals surface area (Å²) < 4.78 is 5.55. The number of nitrogens with one attached hydrogen (secondary N) is 1. The van der Waals surface area contributed by atoms with E-state index in [0.29, 0.717) is 24.4 Å². The van der Waals surface area contributed by atoms with Crippen molar-refractivity contribution in [2.75, 3.05) is 6.54 Å². The summed E-state index contributed by atoms with van der Waals surface area (Å²) >= 11 is 0. The van der Waals surface area contributed by atoms with Crippen molar-refractivity contribution >= 4 is 5.91 Å². The maximum atomic E-state index is 11.9. The van der Waals surface area contributed by atoms with E-state index in [0.717, 1.165) is 37.5 Å². The first kappa shape index (κ1) is 11.8. The molecule has 1 aromatic heterocycles. The second kappa shape index (κ2) is 4.76. The van der Waals surface area contributed by atoms with Gasteiger partial charge in [-0.25, -0.2) is 0 Å². The topological polar surface area (TPSA) is 45.5 Å². The van der Waals surface area contributed by atoms with Gasteiger partial charge < -0.3 is 14.6 Å². The van der Waals surface area contributed by atoms with Gasteiger partial charge in [0.25, 0.3) is 0 Å². The summed E-state index contributed by atoms with van der Waals surface area (Å²) in [6, 6.07) is 4.67. The van der Waals surface area contributed by atoms with Gasteiger partial charge in [0, 0.05) is 25.0 Å². The van der Waals surface area contributed by atoms with Gasteiger partial charge in [0.05, 0.1) is 6.54 Å². The highest BCUT2D eigenvalue weighted by Gasteiger charge is 2.40. The van der Waals surface area contributed by atoms with Crippen LogP contribution in [0.25, 0.3) is 0 Å². The molecule has 4 heteroatoms. The van der Waals surface area contributed by atoms with E-state index in [9.17, 15) is 4.79 Å². The van der Waals surface area contributed by atoms with Gasteiger partial charge in [0.15, 0.2) is 0 Å². The average Bonchev–Trinajstić information content (AvgIpc) is 2.92. The highest BCUT2D eigenvalue weighted by molar-refractivity contribution is 5.80. The van der Waals surface area contributed by atoms with Crippen molar-refractivity contribution in [3.8, 4) is 0 Å². The number of aryl methyl sites for hydroxylation is 1. The van der Waals surface area contributed by atoms with E-state index in [1.807, 2.05) is 19.1 Å². The minimum atomic E-state index is 0.295. The van der Waals surface area contributed by atoms with E-state index in [-0.39, 0.29) is 0 Å². The predicted octanol–water partition coefficient (Wildman–Crippen LogP) is 1.83. The molecule has 2 atom stereocenters. The predicted molar refractivity (Wildman–Crippen MR) is 68.0 cm³/mol. The summed E-state index contributed by atoms with van der Waals surface area (Å²) in [5.41, 5.74) is 0. The largest absolute Gasteiger partial charge is 0.465 e. The lowest BCUT2D eigenvalue weighted by Gasteiger charge is -2.32. The number of furan rings is 1. The third-order valence-corrected chi connectivity index (χ3v) is 4.06. The lowest BCUT2D eigenvalue weighted by Crippen LogP contribution is -2.45. The molecule has 2 aliphatic heterocycles. The SMILES string of the molecule is Cc1ccc(CNC2CC(=O)N3CCCCC23)o1. The molecule has 0 aliphatic carbocycles. The average molecular weight is 248 g/mol. The number of carbonyl (C=O) groups excluding carboxylic acids is 1. The molecule has 4 nitrogen and oxygen atoms in total. The zero-order valence-corrected chi connectivity index (χ0v) is 10.8. The first-order valence-electron chi connectivity index (χ1n) is 6.82. The molecule has 0 radical (unpaired) electrons. The lowest BCUT2D eigenvalue weighted by molar-refractivity contribution is -0.129. The monoisotopic (exact) mass is 248 g/mol. The molecule has 2 aliphatic rings. The van der Waals surface area contributed by atoms with Crippen LogP contribution in [0.3, 0.4) is 0 Å². The van der Waals surface area contributed by atoms with Crippen LogP contribution < -0.4 is 5.32 Å². The Morgan fingerprint density at radius 2 is 2.33 bits per heavy atom. The summed E-state index contributed by atoms with van der Waals surface area (Å²) in [5, 5.41) is 3.48. The van der Waals surface area contributed by atoms with Crippen LogP contribution in [0.1, 0.15) is 37.2 Å². The van der Waals surface area contributed by atoms with Gasteiger partial charge in [-0.2, -0.15) is 0 Å². The van der Waals surface area contributed by atoms with Crippen LogP contribution >= 0.6 is 0 Å². The maximum absolute atomic E-state index is 11.9. The van der Waals surface area contributed by atoms with Crippen LogP contribution in [0.15, 0.2) is 16.5 Å². The normalized spacial score (nSPS) is 27.6. The van der Waals surface area contributed by atoms with E-state index < -0.39 is 0 Å². The highest BCUT2D eigenvalue weighted by Crippen LogP contribution is 2.28. The molecule has 18 heavy (non-hydrogen) atoms. The first-order chi connectivity index (χ1) is 8.74. The molecule has 3 rings (SSSR count). The first-order valence-corrected chi connectivity index (χ1v) is 6.82. The molecule has 2 saturated heterocycles. The molecule has 2 fully saturated rings. The van der Waals surface area contributed by atoms with E-state index >= 15 is 0 Å². The van der Waals surface area contributed by atoms with Gasteiger partial charge in [0.2, 0.25) is 5.91 Å². The Hall–Kier alpha value is -1.29. The minimum absolute atomic E-state index is 0.295. The molecule has 0 spiro atoms. The number of amides is 1. The smallest absolute Gasteiger partial charge is 0.224 e. The molecule has 0 saturated carbocycles. The van der Waals surface area contributed by atoms with Crippen LogP contribution in [-0.4, -0.2) is 29.4 Å². The summed E-state index contributed by atoms with van der Waals surface area (Å²) in [7, 11) is 0. The van der Waals surface area contributed by atoms with E-state index in [1.165, 1.54) is 6.42 Å². The van der Waals surface area contributed by atoms with Crippen LogP contribution in [0.4, 0.5) is 0 Å². The second-order valence-corrected chi connectivity index (χ2v) is 5.35. The van der Waals surface area contributed by atoms with E-state index in [1.54, 1.807) is 0 Å². The third kappa shape index (κ3) is 2.17. The van der Waals surface area contributed by atoms with Crippen molar-refractivity contribution < 1.29 is 9.21 Å². The Balaban J connectivity index is 1.61. The van der Waals surface area contributed by atoms with Crippen LogP contribution in [0.2, 0.25) is 0 Å². The molecule has 98 valence electrons. The van der Waals surface area contributed by atoms with Crippen LogP contribution in [-0.2, 0) is 11.3 Å². The fourth-order valence-electron chi connectivity index (χ4n) is 3.15. The van der Waals surface area contributed by atoms with Crippen molar-refractivity contribution in [1.82, 2.24) is 10.2 Å². The van der Waals surface area contributed by atoms with Gasteiger partial charge in [0.1, 0.15) is 11.5 Å². The van der Waals surface area contributed by atoms with Gasteiger partial charge in [-0.05, 0) is 38.3 Å². The number of piperidine rings is 1. The van der Waals surface area contributed by atoms with E-state index in [4.69, 9.17) is 4.42 Å². The summed E-state index contributed by atoms with van der Waals surface area (Å²) in [4.78, 5) is 14.0. The minimum Gasteiger partial charge on any atom is -0.465 e. The Labute approximate surface area is 107 Å². The van der Waals surface area contributed by atoms with Crippen molar-refractivity contribution in [2.24, 2.45) is 0 Å². The Bertz CT molecular complexity index is 441. The molecule has 1 amide bonds. The Kier molecular flexibility index (Phi) is 3.12. The molecular weight excluding hydrogens is 228 g/mol. The van der Waals surface area contributed by atoms with Crippen molar-refractivity contribution in [1.29, 1.82) is 0 Å². The number of nitrogens with zero attached hydrogens (tertiary/aromatic N) is 1. The van der Waals surface area contributed by atoms with E-state index in [2.05, 4.69) is 10.2 Å². The number of hydrogen-bond acceptors (Lipinski definition) is 3. The summed E-state index contributed by atoms with van der Waals surface area (Å²) in [6.45, 7) is 3.61. The summed E-state index contributed by atoms with van der Waals surface area (Å²) in [5.74, 6) is 2.20. The van der Waals surface area contributed by atoms with Crippen LogP contribution in [0.5, 0.6) is 0 Å². The lowest BCUT2D eigenvalue weighted by atomic mass is 9.99. The quantitative estimate of drug-likeness (QED) is 0.887. The standard InChI is InChI=1S/C14H20N2O2/c1-10-5-6-11(18-10)9-15-12-8-14(17)16-7-3-2-4-13(12)16/h5-6,12-13,15H,2-4,7-9H2,1H3. The molecular formula is C14H20N2O2. The van der Waals surface area contributed by atoms with Gasteiger partial charge in [-0.1, -0.05) is 0 Å². The molecule has 0 aromatic carbocycles. The number of carbonyl (C=O) groups is 1. The maximum Gasteiger partial charge on any atom is 0.224 e. The van der Waals surface area contributed by atoms with Crippen molar-refractivity contribution in [3.05, 3.63) is 23.7 Å². The van der Waals surface area contributed by atoms with Crippen molar-refractivity contribution in [2.45, 2.75) is 51.2 Å². The number of fused-ring (bicyclic) bond motifs is 1. The van der Waals surface area contributed by atoms with Gasteiger partial charge in [-0.3, -0.25) is 4.79 Å². The molecule has 3 heterocycles. The Morgan fingerprint density at radius 3 is 3.11 bits per heavy atom. The second-order valence-electron chi connectivity index (χ2n) is 5.35. The fourth-order valence-corrected chi connectivity index (χ4v) is 3.15.